The Kier molecular flexibility index (Phi) is 5.31. The Balaban J connectivity index is 5.15. The zero-order chi connectivity index (χ0) is 14.7. The van der Waals surface area contributed by atoms with Crippen molar-refractivity contribution in [3.63, 3.8) is 0 Å². The van der Waals surface area contributed by atoms with Gasteiger partial charge in [-0.2, -0.15) is 0 Å². The van der Waals surface area contributed by atoms with Crippen LogP contribution in [0.3, 0.4) is 0 Å². The highest BCUT2D eigenvalue weighted by atomic mass is 16.6. The molecule has 18 heavy (non-hydrogen) atoms. The minimum absolute atomic E-state index is 0.0494. The average Bonchev–Trinajstić information content (AvgIpc) is 2.11. The number of hydrogen-bond donors (Lipinski definition) is 3. The van der Waals surface area contributed by atoms with Crippen LogP contribution < -0.4 is 5.73 Å². The largest absolute Gasteiger partial charge is 0.479 e. The molecule has 0 aromatic rings. The van der Waals surface area contributed by atoms with Gasteiger partial charge in [0.15, 0.2) is 0 Å². The number of hydrogen-bond acceptors (Lipinski definition) is 5. The van der Waals surface area contributed by atoms with Crippen molar-refractivity contribution in [1.29, 1.82) is 0 Å². The third-order valence-corrected chi connectivity index (χ3v) is 2.30. The Bertz CT molecular complexity index is 321. The van der Waals surface area contributed by atoms with Gasteiger partial charge in [-0.3, -0.25) is 0 Å². The number of aliphatic carboxylic acids is 1. The van der Waals surface area contributed by atoms with Crippen molar-refractivity contribution in [3.05, 3.63) is 0 Å². The Morgan fingerprint density at radius 1 is 1.28 bits per heavy atom. The van der Waals surface area contributed by atoms with E-state index in [2.05, 4.69) is 0 Å². The molecule has 0 saturated carbocycles. The van der Waals surface area contributed by atoms with Crippen molar-refractivity contribution < 1.29 is 24.5 Å². The molecule has 0 aliphatic rings. The number of carbonyl (C=O) groups excluding carboxylic acids is 1. The second kappa shape index (κ2) is 5.67. The maximum Gasteiger partial charge on any atom is 0.352 e. The van der Waals surface area contributed by atoms with Crippen LogP contribution in [0.2, 0.25) is 0 Å². The monoisotopic (exact) mass is 261 g/mol. The van der Waals surface area contributed by atoms with Gasteiger partial charge in [-0.25, -0.2) is 9.59 Å². The van der Waals surface area contributed by atoms with Gasteiger partial charge in [-0.15, -0.1) is 0 Å². The second-order valence-electron chi connectivity index (χ2n) is 5.81. The Morgan fingerprint density at radius 3 is 2.00 bits per heavy atom. The average molecular weight is 261 g/mol. The van der Waals surface area contributed by atoms with Crippen LogP contribution in [0.5, 0.6) is 0 Å². The van der Waals surface area contributed by atoms with Crippen molar-refractivity contribution in [2.75, 3.05) is 0 Å². The predicted molar refractivity (Wildman–Crippen MR) is 65.9 cm³/mol. The molecule has 0 bridgehead atoms. The summed E-state index contributed by atoms with van der Waals surface area (Å²) in [7, 11) is 0. The first-order valence-corrected chi connectivity index (χ1v) is 5.86. The molecule has 0 aromatic heterocycles. The molecule has 0 aliphatic carbocycles. The number of nitrogens with two attached hydrogens (primary N) is 1. The summed E-state index contributed by atoms with van der Waals surface area (Å²) in [5.74, 6) is -2.87. The van der Waals surface area contributed by atoms with Crippen molar-refractivity contribution in [3.8, 4) is 0 Å². The van der Waals surface area contributed by atoms with E-state index in [0.29, 0.717) is 0 Å². The van der Waals surface area contributed by atoms with E-state index in [4.69, 9.17) is 15.6 Å². The van der Waals surface area contributed by atoms with Gasteiger partial charge in [0.05, 0.1) is 6.04 Å². The summed E-state index contributed by atoms with van der Waals surface area (Å²) < 4.78 is 4.92. The van der Waals surface area contributed by atoms with E-state index >= 15 is 0 Å². The molecule has 0 heterocycles. The van der Waals surface area contributed by atoms with E-state index in [9.17, 15) is 14.7 Å². The molecule has 4 N–H and O–H groups in total. The molecule has 0 saturated heterocycles. The maximum absolute atomic E-state index is 11.8. The molecule has 0 spiro atoms. The quantitative estimate of drug-likeness (QED) is 0.491. The van der Waals surface area contributed by atoms with Gasteiger partial charge >= 0.3 is 11.9 Å². The molecule has 0 aromatic carbocycles. The summed E-state index contributed by atoms with van der Waals surface area (Å²) in [6.07, 6.45) is 0.196. The lowest BCUT2D eigenvalue weighted by Gasteiger charge is -2.31. The van der Waals surface area contributed by atoms with Crippen LogP contribution >= 0.6 is 0 Å². The van der Waals surface area contributed by atoms with Crippen LogP contribution in [-0.2, 0) is 14.3 Å². The van der Waals surface area contributed by atoms with Crippen LogP contribution in [0.15, 0.2) is 0 Å². The molecule has 0 unspecified atom stereocenters. The lowest BCUT2D eigenvalue weighted by atomic mass is 9.88. The minimum atomic E-state index is -2.71. The van der Waals surface area contributed by atoms with Gasteiger partial charge in [0, 0.05) is 0 Å². The van der Waals surface area contributed by atoms with E-state index in [1.165, 1.54) is 0 Å². The van der Waals surface area contributed by atoms with Crippen molar-refractivity contribution >= 4 is 11.9 Å². The number of esters is 1. The molecule has 0 radical (unpaired) electrons. The molecule has 0 fully saturated rings. The van der Waals surface area contributed by atoms with Crippen molar-refractivity contribution in [2.24, 2.45) is 11.7 Å². The van der Waals surface area contributed by atoms with E-state index in [0.717, 1.165) is 0 Å². The Hall–Kier alpha value is -1.14. The van der Waals surface area contributed by atoms with Gasteiger partial charge in [-0.05, 0) is 33.1 Å². The first kappa shape index (κ1) is 16.9. The summed E-state index contributed by atoms with van der Waals surface area (Å²) in [4.78, 5) is 23.0. The fourth-order valence-electron chi connectivity index (χ4n) is 1.43. The van der Waals surface area contributed by atoms with E-state index in [1.54, 1.807) is 20.8 Å². The lowest BCUT2D eigenvalue weighted by Crippen LogP contribution is -2.61. The van der Waals surface area contributed by atoms with Crippen molar-refractivity contribution in [2.45, 2.75) is 58.3 Å². The van der Waals surface area contributed by atoms with Gasteiger partial charge in [-0.1, -0.05) is 13.8 Å². The van der Waals surface area contributed by atoms with Crippen LogP contribution in [0.1, 0.15) is 41.0 Å². The molecule has 106 valence electrons. The molecular formula is C12H23NO5. The molecule has 0 rings (SSSR count). The SMILES string of the molecule is CC(C)C[C@@H](N)[C@](O)(C(=O)O)C(=O)OC(C)(C)C. The minimum Gasteiger partial charge on any atom is -0.479 e. The van der Waals surface area contributed by atoms with Crippen molar-refractivity contribution in [1.82, 2.24) is 0 Å². The summed E-state index contributed by atoms with van der Waals surface area (Å²) in [5, 5.41) is 19.1. The number of carboxylic acid groups (broad SMARTS) is 1. The smallest absolute Gasteiger partial charge is 0.352 e. The lowest BCUT2D eigenvalue weighted by molar-refractivity contribution is -0.190. The van der Waals surface area contributed by atoms with Crippen LogP contribution in [0.25, 0.3) is 0 Å². The zero-order valence-electron chi connectivity index (χ0n) is 11.6. The topological polar surface area (TPSA) is 110 Å². The number of rotatable bonds is 5. The standard InChI is InChI=1S/C12H23NO5/c1-7(2)6-8(13)12(17,9(14)15)10(16)18-11(3,4)5/h7-8,17H,6,13H2,1-5H3,(H,14,15)/t8-,12+/m1/s1. The Morgan fingerprint density at radius 2 is 1.72 bits per heavy atom. The number of aliphatic hydroxyl groups is 1. The fraction of sp³-hybridized carbons (Fsp3) is 0.833. The summed E-state index contributed by atoms with van der Waals surface area (Å²) in [5.41, 5.74) is 2.04. The molecule has 2 atom stereocenters. The highest BCUT2D eigenvalue weighted by Crippen LogP contribution is 2.21. The zero-order valence-corrected chi connectivity index (χ0v) is 11.6. The number of ether oxygens (including phenoxy) is 1. The molecule has 6 nitrogen and oxygen atoms in total. The van der Waals surface area contributed by atoms with Crippen LogP contribution in [-0.4, -0.2) is 39.4 Å². The first-order chi connectivity index (χ1) is 7.91. The predicted octanol–water partition coefficient (Wildman–Crippen LogP) is 0.517. The van der Waals surface area contributed by atoms with Gasteiger partial charge in [0.2, 0.25) is 0 Å². The summed E-state index contributed by atoms with van der Waals surface area (Å²) in [6, 6.07) is -1.22. The van der Waals surface area contributed by atoms with Crippen LogP contribution in [0, 0.1) is 5.92 Å². The Labute approximate surface area is 107 Å². The van der Waals surface area contributed by atoms with Gasteiger partial charge in [0.25, 0.3) is 5.60 Å². The van der Waals surface area contributed by atoms with E-state index in [1.807, 2.05) is 13.8 Å². The molecule has 6 heteroatoms. The van der Waals surface area contributed by atoms with Crippen LogP contribution in [0.4, 0.5) is 0 Å². The first-order valence-electron chi connectivity index (χ1n) is 5.86. The third kappa shape index (κ3) is 4.27. The van der Waals surface area contributed by atoms with Gasteiger partial charge in [0.1, 0.15) is 5.60 Å². The maximum atomic E-state index is 11.8. The summed E-state index contributed by atoms with van der Waals surface area (Å²) in [6.45, 7) is 8.39. The second-order valence-corrected chi connectivity index (χ2v) is 5.81. The normalized spacial score (nSPS) is 17.1. The highest BCUT2D eigenvalue weighted by Gasteiger charge is 2.52. The number of carbonyl (C=O) groups is 2. The third-order valence-electron chi connectivity index (χ3n) is 2.30. The highest BCUT2D eigenvalue weighted by molar-refractivity contribution is 6.03. The summed E-state index contributed by atoms with van der Waals surface area (Å²) >= 11 is 0. The van der Waals surface area contributed by atoms with Gasteiger partial charge < -0.3 is 20.7 Å². The van der Waals surface area contributed by atoms with E-state index < -0.39 is 29.2 Å². The number of carboxylic acids is 1. The molecular weight excluding hydrogens is 238 g/mol. The molecule has 0 aliphatic heterocycles. The van der Waals surface area contributed by atoms with E-state index in [-0.39, 0.29) is 12.3 Å². The fourth-order valence-corrected chi connectivity index (χ4v) is 1.43. The molecule has 0 amide bonds.